The summed E-state index contributed by atoms with van der Waals surface area (Å²) < 4.78 is 41.9. The Kier molecular flexibility index (Phi) is 10.2. The SMILES string of the molecule is CCCCCCC(F)CO.Cc1ccc(S(=O)(=O)O)cc1. The molecule has 122 valence electrons. The van der Waals surface area contributed by atoms with Crippen LogP contribution < -0.4 is 0 Å². The normalized spacial score (nSPS) is 12.4. The molecule has 0 aliphatic heterocycles. The maximum atomic E-state index is 12.3. The molecule has 4 nitrogen and oxygen atoms in total. The lowest BCUT2D eigenvalue weighted by Gasteiger charge is -2.02. The molecule has 1 rings (SSSR count). The average molecular weight is 320 g/mol. The van der Waals surface area contributed by atoms with Crippen LogP contribution in [0.2, 0.25) is 0 Å². The van der Waals surface area contributed by atoms with Gasteiger partial charge in [-0.25, -0.2) is 4.39 Å². The topological polar surface area (TPSA) is 74.6 Å². The number of hydrogen-bond acceptors (Lipinski definition) is 3. The third-order valence-electron chi connectivity index (χ3n) is 2.89. The van der Waals surface area contributed by atoms with Crippen LogP contribution in [-0.4, -0.2) is 30.9 Å². The van der Waals surface area contributed by atoms with Gasteiger partial charge in [0.1, 0.15) is 6.17 Å². The van der Waals surface area contributed by atoms with Crippen molar-refractivity contribution < 1.29 is 22.5 Å². The molecule has 0 spiro atoms. The fraction of sp³-hybridized carbons (Fsp3) is 0.600. The van der Waals surface area contributed by atoms with Crippen molar-refractivity contribution in [3.63, 3.8) is 0 Å². The van der Waals surface area contributed by atoms with Crippen molar-refractivity contribution in [2.45, 2.75) is 57.0 Å². The quantitative estimate of drug-likeness (QED) is 0.595. The zero-order chi connectivity index (χ0) is 16.3. The molecule has 0 heterocycles. The van der Waals surface area contributed by atoms with Gasteiger partial charge in [-0.05, 0) is 25.5 Å². The third-order valence-corrected chi connectivity index (χ3v) is 3.76. The number of aliphatic hydroxyl groups is 1. The minimum atomic E-state index is -4.02. The minimum Gasteiger partial charge on any atom is -0.393 e. The van der Waals surface area contributed by atoms with Crippen LogP contribution in [0.15, 0.2) is 29.2 Å². The summed E-state index contributed by atoms with van der Waals surface area (Å²) in [4.78, 5) is -0.0666. The lowest BCUT2D eigenvalue weighted by atomic mass is 10.1. The largest absolute Gasteiger partial charge is 0.393 e. The van der Waals surface area contributed by atoms with Gasteiger partial charge in [-0.2, -0.15) is 8.42 Å². The molecule has 0 aromatic heterocycles. The highest BCUT2D eigenvalue weighted by molar-refractivity contribution is 7.85. The number of aliphatic hydroxyl groups excluding tert-OH is 1. The van der Waals surface area contributed by atoms with Gasteiger partial charge in [-0.3, -0.25) is 4.55 Å². The smallest absolute Gasteiger partial charge is 0.294 e. The van der Waals surface area contributed by atoms with Gasteiger partial charge < -0.3 is 5.11 Å². The Morgan fingerprint density at radius 1 is 1.14 bits per heavy atom. The molecule has 21 heavy (non-hydrogen) atoms. The van der Waals surface area contributed by atoms with Crippen molar-refractivity contribution in [3.8, 4) is 0 Å². The number of halogens is 1. The Hall–Kier alpha value is -0.980. The van der Waals surface area contributed by atoms with E-state index in [1.807, 2.05) is 6.92 Å². The van der Waals surface area contributed by atoms with Gasteiger partial charge in [0.05, 0.1) is 11.5 Å². The first-order chi connectivity index (χ1) is 9.81. The van der Waals surface area contributed by atoms with Gasteiger partial charge in [-0.15, -0.1) is 0 Å². The van der Waals surface area contributed by atoms with Gasteiger partial charge in [0.15, 0.2) is 0 Å². The molecule has 0 aliphatic carbocycles. The van der Waals surface area contributed by atoms with Crippen LogP contribution in [0.1, 0.15) is 44.6 Å². The molecule has 1 aromatic carbocycles. The highest BCUT2D eigenvalue weighted by atomic mass is 32.2. The van der Waals surface area contributed by atoms with Crippen LogP contribution in [0.5, 0.6) is 0 Å². The fourth-order valence-corrected chi connectivity index (χ4v) is 2.07. The second kappa shape index (κ2) is 10.7. The Balaban J connectivity index is 0.000000384. The highest BCUT2D eigenvalue weighted by Crippen LogP contribution is 2.08. The fourth-order valence-electron chi connectivity index (χ4n) is 1.59. The summed E-state index contributed by atoms with van der Waals surface area (Å²) in [6, 6.07) is 5.99. The summed E-state index contributed by atoms with van der Waals surface area (Å²) in [5.41, 5.74) is 0.956. The third kappa shape index (κ3) is 10.4. The zero-order valence-corrected chi connectivity index (χ0v) is 13.4. The van der Waals surface area contributed by atoms with E-state index in [4.69, 9.17) is 9.66 Å². The minimum absolute atomic E-state index is 0.0666. The molecule has 0 saturated heterocycles. The molecule has 1 aromatic rings. The standard InChI is InChI=1S/C8H17FO.C7H8O3S/c1-2-3-4-5-6-8(9)7-10;1-6-2-4-7(5-3-6)11(8,9)10/h8,10H,2-7H2,1H3;2-5H,1H3,(H,8,9,10). The number of unbranched alkanes of at least 4 members (excludes halogenated alkanes) is 3. The van der Waals surface area contributed by atoms with E-state index in [1.165, 1.54) is 25.0 Å². The van der Waals surface area contributed by atoms with E-state index in [9.17, 15) is 12.8 Å². The lowest BCUT2D eigenvalue weighted by Crippen LogP contribution is -2.04. The van der Waals surface area contributed by atoms with E-state index < -0.39 is 16.3 Å². The van der Waals surface area contributed by atoms with Gasteiger partial charge in [-0.1, -0.05) is 50.3 Å². The summed E-state index contributed by atoms with van der Waals surface area (Å²) >= 11 is 0. The van der Waals surface area contributed by atoms with Crippen LogP contribution in [-0.2, 0) is 10.1 Å². The molecule has 0 amide bonds. The molecule has 0 saturated carbocycles. The monoisotopic (exact) mass is 320 g/mol. The molecular weight excluding hydrogens is 295 g/mol. The van der Waals surface area contributed by atoms with Crippen LogP contribution in [0.4, 0.5) is 4.39 Å². The maximum absolute atomic E-state index is 12.3. The van der Waals surface area contributed by atoms with Crippen molar-refractivity contribution in [1.29, 1.82) is 0 Å². The van der Waals surface area contributed by atoms with Crippen LogP contribution in [0.25, 0.3) is 0 Å². The summed E-state index contributed by atoms with van der Waals surface area (Å²) in [5.74, 6) is 0. The van der Waals surface area contributed by atoms with Gasteiger partial charge in [0.2, 0.25) is 0 Å². The molecule has 1 atom stereocenters. The number of benzene rings is 1. The van der Waals surface area contributed by atoms with Gasteiger partial charge >= 0.3 is 0 Å². The second-order valence-electron chi connectivity index (χ2n) is 4.92. The molecular formula is C15H25FO4S. The average Bonchev–Trinajstić information content (AvgIpc) is 2.43. The molecule has 6 heteroatoms. The number of hydrogen-bond donors (Lipinski definition) is 2. The summed E-state index contributed by atoms with van der Waals surface area (Å²) in [6.45, 7) is 3.65. The molecule has 2 N–H and O–H groups in total. The highest BCUT2D eigenvalue weighted by Gasteiger charge is 2.06. The predicted molar refractivity (Wildman–Crippen MR) is 81.7 cm³/mol. The van der Waals surface area contributed by atoms with Crippen LogP contribution in [0.3, 0.4) is 0 Å². The number of aryl methyl sites for hydroxylation is 1. The first kappa shape index (κ1) is 20.0. The Morgan fingerprint density at radius 2 is 1.71 bits per heavy atom. The van der Waals surface area contributed by atoms with Crippen molar-refractivity contribution in [1.82, 2.24) is 0 Å². The lowest BCUT2D eigenvalue weighted by molar-refractivity contribution is 0.167. The molecule has 0 fully saturated rings. The molecule has 0 radical (unpaired) electrons. The summed E-state index contributed by atoms with van der Waals surface area (Å²) in [6.07, 6.45) is 3.90. The van der Waals surface area contributed by atoms with Crippen molar-refractivity contribution in [2.24, 2.45) is 0 Å². The van der Waals surface area contributed by atoms with E-state index >= 15 is 0 Å². The van der Waals surface area contributed by atoms with E-state index in [-0.39, 0.29) is 11.5 Å². The maximum Gasteiger partial charge on any atom is 0.294 e. The van der Waals surface area contributed by atoms with Crippen molar-refractivity contribution in [2.75, 3.05) is 6.61 Å². The van der Waals surface area contributed by atoms with Crippen LogP contribution >= 0.6 is 0 Å². The summed E-state index contributed by atoms with van der Waals surface area (Å²) in [5, 5.41) is 8.32. The van der Waals surface area contributed by atoms with Crippen LogP contribution in [0, 0.1) is 6.92 Å². The molecule has 0 bridgehead atoms. The van der Waals surface area contributed by atoms with E-state index in [1.54, 1.807) is 12.1 Å². The van der Waals surface area contributed by atoms with Crippen molar-refractivity contribution in [3.05, 3.63) is 29.8 Å². The van der Waals surface area contributed by atoms with Gasteiger partial charge in [0, 0.05) is 0 Å². The Labute approximate surface area is 126 Å². The molecule has 1 unspecified atom stereocenters. The Bertz CT molecular complexity index is 471. The zero-order valence-electron chi connectivity index (χ0n) is 12.6. The predicted octanol–water partition coefficient (Wildman–Crippen LogP) is 3.53. The van der Waals surface area contributed by atoms with Gasteiger partial charge in [0.25, 0.3) is 10.1 Å². The number of rotatable bonds is 7. The van der Waals surface area contributed by atoms with E-state index in [0.29, 0.717) is 6.42 Å². The molecule has 0 aliphatic rings. The van der Waals surface area contributed by atoms with E-state index in [2.05, 4.69) is 6.92 Å². The first-order valence-electron chi connectivity index (χ1n) is 7.10. The number of alkyl halides is 1. The Morgan fingerprint density at radius 3 is 2.14 bits per heavy atom. The second-order valence-corrected chi connectivity index (χ2v) is 6.34. The first-order valence-corrected chi connectivity index (χ1v) is 8.54. The van der Waals surface area contributed by atoms with E-state index in [0.717, 1.165) is 18.4 Å². The summed E-state index contributed by atoms with van der Waals surface area (Å²) in [7, 11) is -4.02. The van der Waals surface area contributed by atoms with Crippen molar-refractivity contribution >= 4 is 10.1 Å².